The van der Waals surface area contributed by atoms with Crippen LogP contribution in [-0.4, -0.2) is 12.2 Å². The minimum Gasteiger partial charge on any atom is -0.504 e. The Balaban J connectivity index is 2.31. The van der Waals surface area contributed by atoms with Crippen LogP contribution in [0.2, 0.25) is 0 Å². The van der Waals surface area contributed by atoms with Gasteiger partial charge in [0.2, 0.25) is 0 Å². The number of benzene rings is 1. The van der Waals surface area contributed by atoms with Gasteiger partial charge < -0.3 is 9.84 Å². The molecule has 0 bridgehead atoms. The van der Waals surface area contributed by atoms with Crippen molar-refractivity contribution in [3.8, 4) is 11.5 Å². The summed E-state index contributed by atoms with van der Waals surface area (Å²) in [5.74, 6) is 2.10. The molecule has 0 spiro atoms. The highest BCUT2D eigenvalue weighted by Gasteiger charge is 2.30. The molecule has 2 rings (SSSR count). The second-order valence-electron chi connectivity index (χ2n) is 4.02. The second kappa shape index (κ2) is 3.52. The van der Waals surface area contributed by atoms with Crippen molar-refractivity contribution in [1.29, 1.82) is 0 Å². The molecular weight excluding hydrogens is 176 g/mol. The minimum absolute atomic E-state index is 0.314. The molecule has 0 aromatic heterocycles. The number of para-hydroxylation sites is 1. The maximum atomic E-state index is 9.91. The summed E-state index contributed by atoms with van der Waals surface area (Å²) in [6.07, 6.45) is 2.58. The van der Waals surface area contributed by atoms with E-state index in [9.17, 15) is 5.11 Å². The van der Waals surface area contributed by atoms with Crippen molar-refractivity contribution in [2.45, 2.75) is 25.7 Å². The van der Waals surface area contributed by atoms with Crippen LogP contribution < -0.4 is 4.74 Å². The second-order valence-corrected chi connectivity index (χ2v) is 4.02. The van der Waals surface area contributed by atoms with E-state index in [0.29, 0.717) is 17.4 Å². The number of methoxy groups -OCH3 is 1. The summed E-state index contributed by atoms with van der Waals surface area (Å²) in [4.78, 5) is 0. The molecule has 0 aliphatic heterocycles. The van der Waals surface area contributed by atoms with Crippen LogP contribution in [-0.2, 0) is 0 Å². The summed E-state index contributed by atoms with van der Waals surface area (Å²) in [6.45, 7) is 2.17. The van der Waals surface area contributed by atoms with Crippen LogP contribution in [0.25, 0.3) is 0 Å². The lowest BCUT2D eigenvalue weighted by Gasteiger charge is -2.14. The van der Waals surface area contributed by atoms with Gasteiger partial charge in [-0.25, -0.2) is 0 Å². The van der Waals surface area contributed by atoms with Gasteiger partial charge in [0, 0.05) is 5.56 Å². The molecule has 2 heteroatoms. The van der Waals surface area contributed by atoms with Crippen molar-refractivity contribution in [1.82, 2.24) is 0 Å². The van der Waals surface area contributed by atoms with Crippen LogP contribution in [0.1, 0.15) is 31.2 Å². The highest BCUT2D eigenvalue weighted by Crippen LogP contribution is 2.46. The number of hydrogen-bond acceptors (Lipinski definition) is 2. The Bertz CT molecular complexity index is 329. The molecule has 0 saturated heterocycles. The molecule has 0 radical (unpaired) electrons. The quantitative estimate of drug-likeness (QED) is 0.797. The average molecular weight is 192 g/mol. The van der Waals surface area contributed by atoms with Crippen LogP contribution in [0.15, 0.2) is 18.2 Å². The van der Waals surface area contributed by atoms with Crippen LogP contribution >= 0.6 is 0 Å². The molecule has 1 aliphatic rings. The monoisotopic (exact) mass is 192 g/mol. The van der Waals surface area contributed by atoms with Crippen LogP contribution in [0, 0.1) is 5.92 Å². The van der Waals surface area contributed by atoms with Crippen LogP contribution in [0.4, 0.5) is 0 Å². The van der Waals surface area contributed by atoms with E-state index in [1.54, 1.807) is 13.2 Å². The fraction of sp³-hybridized carbons (Fsp3) is 0.500. The lowest BCUT2D eigenvalue weighted by molar-refractivity contribution is 0.368. The molecule has 1 N–H and O–H groups in total. The van der Waals surface area contributed by atoms with Crippen LogP contribution in [0.5, 0.6) is 11.5 Å². The van der Waals surface area contributed by atoms with E-state index in [2.05, 4.69) is 6.92 Å². The summed E-state index contributed by atoms with van der Waals surface area (Å²) in [7, 11) is 1.58. The van der Waals surface area contributed by atoms with Gasteiger partial charge in [0.25, 0.3) is 0 Å². The standard InChI is InChI=1S/C12H16O2/c1-8(9-6-7-9)10-4-3-5-11(14-2)12(10)13/h3-5,8-9,13H,6-7H2,1-2H3/t8-/m1/s1. The molecule has 1 aromatic carbocycles. The van der Waals surface area contributed by atoms with Gasteiger partial charge in [0.05, 0.1) is 7.11 Å². The molecule has 1 fully saturated rings. The molecule has 1 aliphatic carbocycles. The van der Waals surface area contributed by atoms with Crippen molar-refractivity contribution in [2.24, 2.45) is 5.92 Å². The van der Waals surface area contributed by atoms with E-state index < -0.39 is 0 Å². The van der Waals surface area contributed by atoms with Gasteiger partial charge in [-0.05, 0) is 30.7 Å². The Hall–Kier alpha value is -1.18. The summed E-state index contributed by atoms with van der Waals surface area (Å²) in [6, 6.07) is 5.71. The van der Waals surface area contributed by atoms with Gasteiger partial charge in [-0.1, -0.05) is 19.1 Å². The predicted octanol–water partition coefficient (Wildman–Crippen LogP) is 2.91. The van der Waals surface area contributed by atoms with Gasteiger partial charge in [-0.15, -0.1) is 0 Å². The highest BCUT2D eigenvalue weighted by molar-refractivity contribution is 5.47. The van der Waals surface area contributed by atoms with Gasteiger partial charge in [-0.3, -0.25) is 0 Å². The molecule has 0 unspecified atom stereocenters. The first-order valence-electron chi connectivity index (χ1n) is 5.10. The normalized spacial score (nSPS) is 17.9. The topological polar surface area (TPSA) is 29.5 Å². The van der Waals surface area contributed by atoms with Crippen molar-refractivity contribution in [3.63, 3.8) is 0 Å². The highest BCUT2D eigenvalue weighted by atomic mass is 16.5. The number of aromatic hydroxyl groups is 1. The van der Waals surface area contributed by atoms with E-state index in [-0.39, 0.29) is 0 Å². The first kappa shape index (κ1) is 9.38. The van der Waals surface area contributed by atoms with E-state index in [0.717, 1.165) is 11.5 Å². The van der Waals surface area contributed by atoms with Crippen molar-refractivity contribution in [3.05, 3.63) is 23.8 Å². The Labute approximate surface area is 84.5 Å². The van der Waals surface area contributed by atoms with E-state index in [1.165, 1.54) is 12.8 Å². The maximum absolute atomic E-state index is 9.91. The molecular formula is C12H16O2. The third kappa shape index (κ3) is 1.57. The van der Waals surface area contributed by atoms with E-state index >= 15 is 0 Å². The fourth-order valence-electron chi connectivity index (χ4n) is 1.92. The third-order valence-corrected chi connectivity index (χ3v) is 3.07. The number of phenolic OH excluding ortho intramolecular Hbond substituents is 1. The molecule has 14 heavy (non-hydrogen) atoms. The molecule has 1 saturated carbocycles. The molecule has 2 nitrogen and oxygen atoms in total. The Morgan fingerprint density at radius 2 is 2.14 bits per heavy atom. The maximum Gasteiger partial charge on any atom is 0.161 e. The minimum atomic E-state index is 0.314. The van der Waals surface area contributed by atoms with Crippen molar-refractivity contribution >= 4 is 0 Å². The number of phenols is 1. The van der Waals surface area contributed by atoms with Crippen LogP contribution in [0.3, 0.4) is 0 Å². The van der Waals surface area contributed by atoms with Gasteiger partial charge in [-0.2, -0.15) is 0 Å². The summed E-state index contributed by atoms with van der Waals surface area (Å²) in [5.41, 5.74) is 1.02. The number of rotatable bonds is 3. The summed E-state index contributed by atoms with van der Waals surface area (Å²) < 4.78 is 5.09. The zero-order valence-electron chi connectivity index (χ0n) is 8.66. The van der Waals surface area contributed by atoms with E-state index in [4.69, 9.17) is 4.74 Å². The zero-order chi connectivity index (χ0) is 10.1. The Morgan fingerprint density at radius 1 is 1.43 bits per heavy atom. The molecule has 0 heterocycles. The third-order valence-electron chi connectivity index (χ3n) is 3.07. The SMILES string of the molecule is COc1cccc([C@H](C)C2CC2)c1O. The van der Waals surface area contributed by atoms with Gasteiger partial charge >= 0.3 is 0 Å². The molecule has 1 aromatic rings. The fourth-order valence-corrected chi connectivity index (χ4v) is 1.92. The number of hydrogen-bond donors (Lipinski definition) is 1. The molecule has 1 atom stereocenters. The first-order chi connectivity index (χ1) is 6.74. The summed E-state index contributed by atoms with van der Waals surface area (Å²) in [5, 5.41) is 9.91. The van der Waals surface area contributed by atoms with Gasteiger partial charge in [0.15, 0.2) is 11.5 Å². The first-order valence-corrected chi connectivity index (χ1v) is 5.10. The Morgan fingerprint density at radius 3 is 2.71 bits per heavy atom. The molecule has 0 amide bonds. The predicted molar refractivity (Wildman–Crippen MR) is 55.8 cm³/mol. The molecule has 76 valence electrons. The Kier molecular flexibility index (Phi) is 2.36. The smallest absolute Gasteiger partial charge is 0.161 e. The number of ether oxygens (including phenoxy) is 1. The summed E-state index contributed by atoms with van der Waals surface area (Å²) >= 11 is 0. The lowest BCUT2D eigenvalue weighted by Crippen LogP contribution is -1.97. The van der Waals surface area contributed by atoms with Crippen molar-refractivity contribution in [2.75, 3.05) is 7.11 Å². The zero-order valence-corrected chi connectivity index (χ0v) is 8.66. The average Bonchev–Trinajstić information content (AvgIpc) is 3.00. The largest absolute Gasteiger partial charge is 0.504 e. The van der Waals surface area contributed by atoms with Crippen molar-refractivity contribution < 1.29 is 9.84 Å². The lowest BCUT2D eigenvalue weighted by atomic mass is 9.95. The van der Waals surface area contributed by atoms with Gasteiger partial charge in [0.1, 0.15) is 0 Å². The van der Waals surface area contributed by atoms with E-state index in [1.807, 2.05) is 12.1 Å².